The van der Waals surface area contributed by atoms with Gasteiger partial charge in [-0.05, 0) is 12.8 Å². The monoisotopic (exact) mass is 385 g/mol. The van der Waals surface area contributed by atoms with Crippen LogP contribution in [-0.4, -0.2) is 34.5 Å². The Morgan fingerprint density at radius 1 is 0.630 bits per heavy atom. The van der Waals surface area contributed by atoms with Crippen LogP contribution in [0, 0.1) is 5.92 Å². The molecule has 1 unspecified atom stereocenters. The predicted molar refractivity (Wildman–Crippen MR) is 114 cm³/mol. The Morgan fingerprint density at radius 2 is 1.04 bits per heavy atom. The summed E-state index contributed by atoms with van der Waals surface area (Å²) in [6.45, 7) is 3.56. The first kappa shape index (κ1) is 26.4. The lowest BCUT2D eigenvalue weighted by molar-refractivity contribution is -0.144. The van der Waals surface area contributed by atoms with E-state index in [1.54, 1.807) is 0 Å². The third kappa shape index (κ3) is 15.0. The maximum atomic E-state index is 12.3. The lowest BCUT2D eigenvalue weighted by atomic mass is 9.94. The molecule has 0 aromatic rings. The van der Waals surface area contributed by atoms with Gasteiger partial charge in [-0.15, -0.1) is 0 Å². The number of unbranched alkanes of at least 4 members (excludes halogenated alkanes) is 13. The summed E-state index contributed by atoms with van der Waals surface area (Å²) in [4.78, 5) is 13.4. The molecule has 0 bridgehead atoms. The van der Waals surface area contributed by atoms with Gasteiger partial charge in [0.25, 0.3) is 0 Å². The van der Waals surface area contributed by atoms with E-state index in [4.69, 9.17) is 10.2 Å². The van der Waals surface area contributed by atoms with Gasteiger partial charge in [0.05, 0.1) is 0 Å². The van der Waals surface area contributed by atoms with Gasteiger partial charge in [-0.25, -0.2) is 0 Å². The number of nitrogens with zero attached hydrogens (tertiary/aromatic N) is 1. The van der Waals surface area contributed by atoms with Gasteiger partial charge in [-0.2, -0.15) is 0 Å². The molecule has 1 atom stereocenters. The predicted octanol–water partition coefficient (Wildman–Crippen LogP) is 6.00. The topological polar surface area (TPSA) is 60.8 Å². The van der Waals surface area contributed by atoms with Gasteiger partial charge in [-0.3, -0.25) is 9.69 Å². The number of aliphatic hydroxyl groups excluding tert-OH is 2. The van der Waals surface area contributed by atoms with E-state index in [0.29, 0.717) is 0 Å². The fourth-order valence-electron chi connectivity index (χ4n) is 3.77. The highest BCUT2D eigenvalue weighted by atomic mass is 16.3. The van der Waals surface area contributed by atoms with Crippen LogP contribution < -0.4 is 0 Å². The van der Waals surface area contributed by atoms with Crippen molar-refractivity contribution in [2.75, 3.05) is 13.5 Å². The minimum Gasteiger partial charge on any atom is -0.376 e. The highest BCUT2D eigenvalue weighted by Crippen LogP contribution is 2.19. The van der Waals surface area contributed by atoms with Gasteiger partial charge in [0.15, 0.2) is 0 Å². The second-order valence-corrected chi connectivity index (χ2v) is 8.03. The second kappa shape index (κ2) is 20.1. The molecule has 0 spiro atoms. The van der Waals surface area contributed by atoms with Crippen LogP contribution in [-0.2, 0) is 4.79 Å². The smallest absolute Gasteiger partial charge is 0.229 e. The molecule has 4 heteroatoms. The van der Waals surface area contributed by atoms with Crippen LogP contribution in [0.5, 0.6) is 0 Å². The largest absolute Gasteiger partial charge is 0.376 e. The van der Waals surface area contributed by atoms with Gasteiger partial charge in [0.1, 0.15) is 13.5 Å². The molecule has 0 aliphatic carbocycles. The van der Waals surface area contributed by atoms with E-state index < -0.39 is 13.5 Å². The van der Waals surface area contributed by atoms with Gasteiger partial charge in [0.2, 0.25) is 5.91 Å². The Labute approximate surface area is 168 Å². The summed E-state index contributed by atoms with van der Waals surface area (Å²) in [6.07, 6.45) is 21.4. The van der Waals surface area contributed by atoms with Crippen LogP contribution in [0.1, 0.15) is 123 Å². The average Bonchev–Trinajstić information content (AvgIpc) is 2.68. The summed E-state index contributed by atoms with van der Waals surface area (Å²) in [7, 11) is 0. The Morgan fingerprint density at radius 3 is 1.41 bits per heavy atom. The number of carbonyl (C=O) groups excluding carboxylic acids is 1. The lowest BCUT2D eigenvalue weighted by Crippen LogP contribution is -2.37. The lowest BCUT2D eigenvalue weighted by Gasteiger charge is -2.23. The van der Waals surface area contributed by atoms with Crippen molar-refractivity contribution in [3.63, 3.8) is 0 Å². The zero-order valence-electron chi connectivity index (χ0n) is 18.3. The number of hydrogen-bond donors (Lipinski definition) is 2. The number of rotatable bonds is 20. The Kier molecular flexibility index (Phi) is 19.7. The van der Waals surface area contributed by atoms with Crippen LogP contribution in [0.3, 0.4) is 0 Å². The van der Waals surface area contributed by atoms with Crippen molar-refractivity contribution in [3.8, 4) is 0 Å². The Balaban J connectivity index is 3.56. The van der Waals surface area contributed by atoms with Crippen LogP contribution in [0.25, 0.3) is 0 Å². The van der Waals surface area contributed by atoms with Crippen molar-refractivity contribution >= 4 is 5.91 Å². The number of aliphatic hydroxyl groups is 2. The number of carbonyl (C=O) groups is 1. The molecule has 0 aliphatic rings. The maximum absolute atomic E-state index is 12.3. The summed E-state index contributed by atoms with van der Waals surface area (Å²) >= 11 is 0. The molecule has 0 heterocycles. The first-order valence-electron chi connectivity index (χ1n) is 11.7. The maximum Gasteiger partial charge on any atom is 0.229 e. The minimum atomic E-state index is -0.395. The molecule has 0 aromatic heterocycles. The van der Waals surface area contributed by atoms with Crippen LogP contribution in [0.2, 0.25) is 0 Å². The highest BCUT2D eigenvalue weighted by molar-refractivity contribution is 5.78. The molecule has 0 fully saturated rings. The standard InChI is InChI=1S/C23H47NO3/c1-3-5-6-7-8-9-10-11-12-13-14-15-16-17-19-22(18-4-2)23(27)24(20-25)21-26/h22,25-26H,3-21H2,1-2H3. The van der Waals surface area contributed by atoms with Crippen molar-refractivity contribution in [2.24, 2.45) is 5.92 Å². The normalized spacial score (nSPS) is 12.3. The third-order valence-electron chi connectivity index (χ3n) is 5.55. The summed E-state index contributed by atoms with van der Waals surface area (Å²) in [5.74, 6) is -0.150. The molecule has 0 saturated heterocycles. The highest BCUT2D eigenvalue weighted by Gasteiger charge is 2.22. The van der Waals surface area contributed by atoms with Crippen molar-refractivity contribution < 1.29 is 15.0 Å². The van der Waals surface area contributed by atoms with Gasteiger partial charge in [0, 0.05) is 5.92 Å². The molecule has 2 N–H and O–H groups in total. The molecular formula is C23H47NO3. The van der Waals surface area contributed by atoms with Crippen LogP contribution in [0.15, 0.2) is 0 Å². The molecule has 1 amide bonds. The van der Waals surface area contributed by atoms with E-state index in [1.165, 1.54) is 83.5 Å². The number of amides is 1. The summed E-state index contributed by atoms with van der Waals surface area (Å²) in [5.41, 5.74) is 0. The Bertz CT molecular complexity index is 319. The van der Waals surface area contributed by atoms with Crippen molar-refractivity contribution in [1.82, 2.24) is 4.90 Å². The van der Waals surface area contributed by atoms with Gasteiger partial charge >= 0.3 is 0 Å². The quantitative estimate of drug-likeness (QED) is 0.199. The molecule has 0 radical (unpaired) electrons. The fraction of sp³-hybridized carbons (Fsp3) is 0.957. The van der Waals surface area contributed by atoms with Crippen LogP contribution >= 0.6 is 0 Å². The molecule has 0 saturated carbocycles. The first-order chi connectivity index (χ1) is 13.2. The van der Waals surface area contributed by atoms with E-state index in [1.807, 2.05) is 0 Å². The fourth-order valence-corrected chi connectivity index (χ4v) is 3.77. The van der Waals surface area contributed by atoms with Crippen molar-refractivity contribution in [3.05, 3.63) is 0 Å². The average molecular weight is 386 g/mol. The molecule has 0 rings (SSSR count). The van der Waals surface area contributed by atoms with E-state index in [-0.39, 0.29) is 11.8 Å². The van der Waals surface area contributed by atoms with E-state index in [0.717, 1.165) is 30.6 Å². The van der Waals surface area contributed by atoms with E-state index in [9.17, 15) is 4.79 Å². The van der Waals surface area contributed by atoms with E-state index >= 15 is 0 Å². The Hall–Kier alpha value is -0.610. The molecule has 0 aromatic carbocycles. The summed E-state index contributed by atoms with van der Waals surface area (Å²) in [6, 6.07) is 0. The van der Waals surface area contributed by atoms with Crippen LogP contribution in [0.4, 0.5) is 0 Å². The SMILES string of the molecule is CCCCCCCCCCCCCCCCC(CCC)C(=O)N(CO)CO. The van der Waals surface area contributed by atoms with Crippen molar-refractivity contribution in [2.45, 2.75) is 123 Å². The second-order valence-electron chi connectivity index (χ2n) is 8.03. The number of hydrogen-bond acceptors (Lipinski definition) is 3. The molecule has 162 valence electrons. The molecule has 0 aliphatic heterocycles. The van der Waals surface area contributed by atoms with Gasteiger partial charge < -0.3 is 10.2 Å². The summed E-state index contributed by atoms with van der Waals surface area (Å²) in [5, 5.41) is 18.3. The molecule has 27 heavy (non-hydrogen) atoms. The first-order valence-corrected chi connectivity index (χ1v) is 11.7. The zero-order chi connectivity index (χ0) is 20.2. The van der Waals surface area contributed by atoms with Gasteiger partial charge in [-0.1, -0.05) is 110 Å². The zero-order valence-corrected chi connectivity index (χ0v) is 18.3. The molecule has 4 nitrogen and oxygen atoms in total. The molecular weight excluding hydrogens is 338 g/mol. The van der Waals surface area contributed by atoms with Crippen molar-refractivity contribution in [1.29, 1.82) is 0 Å². The third-order valence-corrected chi connectivity index (χ3v) is 5.55. The summed E-state index contributed by atoms with van der Waals surface area (Å²) < 4.78 is 0. The van der Waals surface area contributed by atoms with E-state index in [2.05, 4.69) is 13.8 Å². The minimum absolute atomic E-state index is 0.0494.